The number of nitrogens with zero attached hydrogens (tertiary/aromatic N) is 1. The Morgan fingerprint density at radius 1 is 1.22 bits per heavy atom. The van der Waals surface area contributed by atoms with Gasteiger partial charge in [-0.05, 0) is 55.2 Å². The summed E-state index contributed by atoms with van der Waals surface area (Å²) in [5, 5.41) is 0. The van der Waals surface area contributed by atoms with Crippen molar-refractivity contribution in [2.75, 3.05) is 0 Å². The van der Waals surface area contributed by atoms with Crippen LogP contribution in [0.4, 0.5) is 0 Å². The van der Waals surface area contributed by atoms with E-state index in [-0.39, 0.29) is 0 Å². The Kier molecular flexibility index (Phi) is 3.78. The second-order valence-electron chi connectivity index (χ2n) is 4.90. The first-order valence-corrected chi connectivity index (χ1v) is 7.19. The molecule has 1 heterocycles. The van der Waals surface area contributed by atoms with Crippen molar-refractivity contribution in [3.05, 3.63) is 44.4 Å². The van der Waals surface area contributed by atoms with E-state index >= 15 is 0 Å². The predicted molar refractivity (Wildman–Crippen MR) is 82.2 cm³/mol. The summed E-state index contributed by atoms with van der Waals surface area (Å²) in [5.74, 6) is 0.431. The molecule has 1 aromatic carbocycles. The maximum Gasteiger partial charge on any atom is 0.182 e. The van der Waals surface area contributed by atoms with Gasteiger partial charge in [-0.3, -0.25) is 4.57 Å². The van der Waals surface area contributed by atoms with E-state index in [0.717, 1.165) is 9.24 Å². The van der Waals surface area contributed by atoms with Gasteiger partial charge in [0.2, 0.25) is 0 Å². The molecule has 18 heavy (non-hydrogen) atoms. The van der Waals surface area contributed by atoms with Crippen molar-refractivity contribution in [2.45, 2.75) is 33.6 Å². The summed E-state index contributed by atoms with van der Waals surface area (Å²) < 4.78 is 4.01. The van der Waals surface area contributed by atoms with Crippen molar-refractivity contribution in [3.8, 4) is 5.69 Å². The first kappa shape index (κ1) is 13.6. The zero-order valence-corrected chi connectivity index (χ0v) is 13.4. The number of hydrogen-bond donors (Lipinski definition) is 1. The summed E-state index contributed by atoms with van der Waals surface area (Å²) in [6.07, 6.45) is 2.01. The highest BCUT2D eigenvalue weighted by atomic mass is 79.9. The molecule has 96 valence electrons. The minimum Gasteiger partial charge on any atom is -0.337 e. The molecule has 0 saturated carbocycles. The SMILES string of the molecule is Cc1cc(Br)cc(C)c1-n1c(C(C)C)c[nH]c1=S. The van der Waals surface area contributed by atoms with Crippen molar-refractivity contribution in [1.82, 2.24) is 9.55 Å². The molecule has 0 aliphatic rings. The molecule has 0 aliphatic carbocycles. The first-order valence-electron chi connectivity index (χ1n) is 5.99. The van der Waals surface area contributed by atoms with E-state index in [0.29, 0.717) is 5.92 Å². The zero-order valence-electron chi connectivity index (χ0n) is 11.0. The molecule has 0 aliphatic heterocycles. The molecule has 0 bridgehead atoms. The van der Waals surface area contributed by atoms with E-state index in [1.165, 1.54) is 22.5 Å². The third-order valence-electron chi connectivity index (χ3n) is 3.08. The lowest BCUT2D eigenvalue weighted by atomic mass is 10.1. The minimum absolute atomic E-state index is 0.431. The molecule has 1 N–H and O–H groups in total. The molecular formula is C14H17BrN2S. The maximum atomic E-state index is 5.42. The van der Waals surface area contributed by atoms with Crippen molar-refractivity contribution >= 4 is 28.1 Å². The number of benzene rings is 1. The Hall–Kier alpha value is -0.870. The second kappa shape index (κ2) is 5.02. The number of aromatic amines is 1. The van der Waals surface area contributed by atoms with E-state index in [1.807, 2.05) is 6.20 Å². The Bertz CT molecular complexity index is 614. The minimum atomic E-state index is 0.431. The smallest absolute Gasteiger partial charge is 0.182 e. The molecule has 0 saturated heterocycles. The molecule has 4 heteroatoms. The largest absolute Gasteiger partial charge is 0.337 e. The number of H-pyrrole nitrogens is 1. The Balaban J connectivity index is 2.77. The second-order valence-corrected chi connectivity index (χ2v) is 6.20. The number of halogens is 1. The standard InChI is InChI=1S/C14H17BrN2S/c1-8(2)12-7-16-14(18)17(12)13-9(3)5-11(15)6-10(13)4/h5-8H,1-4H3,(H,16,18). The molecule has 2 aromatic rings. The maximum absolute atomic E-state index is 5.42. The van der Waals surface area contributed by atoms with Crippen LogP contribution in [0.5, 0.6) is 0 Å². The van der Waals surface area contributed by atoms with Crippen LogP contribution in [0.3, 0.4) is 0 Å². The molecule has 0 amide bonds. The van der Waals surface area contributed by atoms with Crippen molar-refractivity contribution in [2.24, 2.45) is 0 Å². The van der Waals surface area contributed by atoms with Crippen molar-refractivity contribution in [1.29, 1.82) is 0 Å². The summed E-state index contributed by atoms with van der Waals surface area (Å²) in [4.78, 5) is 3.15. The molecule has 2 nitrogen and oxygen atoms in total. The predicted octanol–water partition coefficient (Wildman–Crippen LogP) is 5.04. The molecule has 0 radical (unpaired) electrons. The zero-order chi connectivity index (χ0) is 13.4. The van der Waals surface area contributed by atoms with Crippen LogP contribution >= 0.6 is 28.1 Å². The highest BCUT2D eigenvalue weighted by molar-refractivity contribution is 9.10. The van der Waals surface area contributed by atoms with E-state index in [4.69, 9.17) is 12.2 Å². The fourth-order valence-electron chi connectivity index (χ4n) is 2.29. The van der Waals surface area contributed by atoms with Gasteiger partial charge in [0.05, 0.1) is 5.69 Å². The van der Waals surface area contributed by atoms with E-state index in [2.05, 4.69) is 65.3 Å². The fraction of sp³-hybridized carbons (Fsp3) is 0.357. The van der Waals surface area contributed by atoms with Gasteiger partial charge in [0, 0.05) is 16.4 Å². The van der Waals surface area contributed by atoms with Crippen LogP contribution in [0.2, 0.25) is 0 Å². The van der Waals surface area contributed by atoms with Gasteiger partial charge in [0.15, 0.2) is 4.77 Å². The lowest BCUT2D eigenvalue weighted by molar-refractivity contribution is 0.779. The summed E-state index contributed by atoms with van der Waals surface area (Å²) in [5.41, 5.74) is 4.85. The number of aryl methyl sites for hydroxylation is 2. The number of rotatable bonds is 2. The number of hydrogen-bond acceptors (Lipinski definition) is 1. The van der Waals surface area contributed by atoms with Crippen LogP contribution in [0, 0.1) is 18.6 Å². The van der Waals surface area contributed by atoms with E-state index < -0.39 is 0 Å². The molecule has 0 unspecified atom stereocenters. The number of nitrogens with one attached hydrogen (secondary N) is 1. The average molecular weight is 325 g/mol. The summed E-state index contributed by atoms with van der Waals surface area (Å²) in [7, 11) is 0. The summed E-state index contributed by atoms with van der Waals surface area (Å²) >= 11 is 8.96. The van der Waals surface area contributed by atoms with Crippen LogP contribution in [-0.4, -0.2) is 9.55 Å². The van der Waals surface area contributed by atoms with Gasteiger partial charge in [-0.25, -0.2) is 0 Å². The van der Waals surface area contributed by atoms with Crippen LogP contribution in [0.25, 0.3) is 5.69 Å². The van der Waals surface area contributed by atoms with Gasteiger partial charge in [-0.15, -0.1) is 0 Å². The third kappa shape index (κ3) is 2.31. The van der Waals surface area contributed by atoms with Crippen LogP contribution in [0.1, 0.15) is 36.6 Å². The Morgan fingerprint density at radius 2 is 1.78 bits per heavy atom. The van der Waals surface area contributed by atoms with Crippen molar-refractivity contribution in [3.63, 3.8) is 0 Å². The average Bonchev–Trinajstić information content (AvgIpc) is 2.59. The number of imidazole rings is 1. The Morgan fingerprint density at radius 3 is 2.28 bits per heavy atom. The van der Waals surface area contributed by atoms with Gasteiger partial charge in [-0.2, -0.15) is 0 Å². The van der Waals surface area contributed by atoms with Crippen LogP contribution < -0.4 is 0 Å². The fourth-order valence-corrected chi connectivity index (χ4v) is 3.24. The number of aromatic nitrogens is 2. The van der Waals surface area contributed by atoms with Crippen molar-refractivity contribution < 1.29 is 0 Å². The summed E-state index contributed by atoms with van der Waals surface area (Å²) in [6, 6.07) is 4.25. The molecule has 0 fully saturated rings. The highest BCUT2D eigenvalue weighted by Gasteiger charge is 2.14. The van der Waals surface area contributed by atoms with E-state index in [1.54, 1.807) is 0 Å². The third-order valence-corrected chi connectivity index (χ3v) is 3.83. The topological polar surface area (TPSA) is 20.7 Å². The van der Waals surface area contributed by atoms with Crippen LogP contribution in [-0.2, 0) is 0 Å². The lowest BCUT2D eigenvalue weighted by Gasteiger charge is -2.16. The molecule has 0 spiro atoms. The molecule has 0 atom stereocenters. The summed E-state index contributed by atoms with van der Waals surface area (Å²) in [6.45, 7) is 8.59. The van der Waals surface area contributed by atoms with E-state index in [9.17, 15) is 0 Å². The van der Waals surface area contributed by atoms with Gasteiger partial charge in [-0.1, -0.05) is 29.8 Å². The lowest BCUT2D eigenvalue weighted by Crippen LogP contribution is -2.06. The Labute approximate surface area is 121 Å². The van der Waals surface area contributed by atoms with Gasteiger partial charge < -0.3 is 4.98 Å². The quantitative estimate of drug-likeness (QED) is 0.767. The highest BCUT2D eigenvalue weighted by Crippen LogP contribution is 2.27. The first-order chi connectivity index (χ1) is 8.41. The molecular weight excluding hydrogens is 308 g/mol. The normalized spacial score (nSPS) is 11.2. The van der Waals surface area contributed by atoms with Gasteiger partial charge in [0.1, 0.15) is 0 Å². The van der Waals surface area contributed by atoms with Gasteiger partial charge >= 0.3 is 0 Å². The van der Waals surface area contributed by atoms with Crippen LogP contribution in [0.15, 0.2) is 22.8 Å². The molecule has 1 aromatic heterocycles. The van der Waals surface area contributed by atoms with Gasteiger partial charge in [0.25, 0.3) is 0 Å². The monoisotopic (exact) mass is 324 g/mol. The molecule has 2 rings (SSSR count).